The largest absolute Gasteiger partial charge is 0.391 e. The Balaban J connectivity index is 1.43. The van der Waals surface area contributed by atoms with Crippen LogP contribution in [0.25, 0.3) is 10.8 Å². The lowest BCUT2D eigenvalue weighted by molar-refractivity contribution is -0.346. The number of carbonyl (C=O) groups excluding carboxylic acids is 2. The van der Waals surface area contributed by atoms with Gasteiger partial charge in [-0.05, 0) is 48.3 Å². The summed E-state index contributed by atoms with van der Waals surface area (Å²) in [6.45, 7) is 14.6. The molecule has 0 N–H and O–H groups in total. The van der Waals surface area contributed by atoms with Crippen molar-refractivity contribution in [3.8, 4) is 0 Å². The van der Waals surface area contributed by atoms with Crippen molar-refractivity contribution < 1.29 is 33.0 Å². The highest BCUT2D eigenvalue weighted by Gasteiger charge is 2.58. The van der Waals surface area contributed by atoms with E-state index in [0.717, 1.165) is 21.9 Å². The van der Waals surface area contributed by atoms with Crippen LogP contribution in [0.5, 0.6) is 0 Å². The highest BCUT2D eigenvalue weighted by atomic mass is 28.4. The summed E-state index contributed by atoms with van der Waals surface area (Å²) < 4.78 is 33.3. The number of benzene rings is 3. The zero-order valence-corrected chi connectivity index (χ0v) is 28.1. The minimum Gasteiger partial charge on any atom is -0.391 e. The normalized spacial score (nSPS) is 27.8. The maximum atomic E-state index is 13.8. The average Bonchev–Trinajstić information content (AvgIpc) is 3.21. The van der Waals surface area contributed by atoms with Crippen molar-refractivity contribution >= 4 is 30.9 Å². The number of ether oxygens (including phenoxy) is 4. The Kier molecular flexibility index (Phi) is 8.62. The number of hydrogen-bond acceptors (Lipinski definition) is 7. The summed E-state index contributed by atoms with van der Waals surface area (Å²) in [7, 11) is -2.46. The molecule has 3 aliphatic rings. The van der Waals surface area contributed by atoms with E-state index in [1.165, 1.54) is 4.90 Å². The first-order chi connectivity index (χ1) is 21.4. The van der Waals surface area contributed by atoms with E-state index in [4.69, 9.17) is 23.4 Å². The van der Waals surface area contributed by atoms with Crippen LogP contribution in [0, 0.1) is 0 Å². The van der Waals surface area contributed by atoms with Crippen LogP contribution >= 0.6 is 0 Å². The fourth-order valence-electron chi connectivity index (χ4n) is 6.02. The molecule has 6 rings (SSSR count). The lowest BCUT2D eigenvalue weighted by Crippen LogP contribution is -2.69. The predicted molar refractivity (Wildman–Crippen MR) is 173 cm³/mol. The van der Waals surface area contributed by atoms with Gasteiger partial charge in [-0.2, -0.15) is 0 Å². The minimum atomic E-state index is -2.46. The number of fused-ring (bicyclic) bond motifs is 2. The Bertz CT molecular complexity index is 1590. The molecule has 238 valence electrons. The third-order valence-electron chi connectivity index (χ3n) is 9.85. The highest BCUT2D eigenvalue weighted by Crippen LogP contribution is 2.43. The first-order valence-electron chi connectivity index (χ1n) is 15.7. The van der Waals surface area contributed by atoms with Gasteiger partial charge in [0.25, 0.3) is 11.8 Å². The van der Waals surface area contributed by atoms with Crippen LogP contribution in [0.3, 0.4) is 0 Å². The van der Waals surface area contributed by atoms with E-state index in [0.29, 0.717) is 11.1 Å². The summed E-state index contributed by atoms with van der Waals surface area (Å²) in [5, 5.41) is 2.02. The molecule has 9 heteroatoms. The Hall–Kier alpha value is -3.18. The van der Waals surface area contributed by atoms with Gasteiger partial charge in [0.15, 0.2) is 20.9 Å². The molecule has 0 aromatic heterocycles. The second-order valence-electron chi connectivity index (χ2n) is 13.7. The van der Waals surface area contributed by atoms with Gasteiger partial charge in [0.1, 0.15) is 24.4 Å². The molecule has 0 unspecified atom stereocenters. The summed E-state index contributed by atoms with van der Waals surface area (Å²) >= 11 is 0. The monoisotopic (exact) mass is 629 g/mol. The van der Waals surface area contributed by atoms with Gasteiger partial charge >= 0.3 is 0 Å². The summed E-state index contributed by atoms with van der Waals surface area (Å²) in [6.07, 6.45) is -3.55. The molecular formula is C36H43NO7Si. The number of imide groups is 1. The van der Waals surface area contributed by atoms with E-state index in [9.17, 15) is 9.59 Å². The quantitative estimate of drug-likeness (QED) is 0.214. The standard InChI is InChI=1S/C36H43NO7Si/c1-22-23(2)33(39)37(32(22)38)29-31(40-20-26-18-13-17-24-14-11-12-19-27(24)26)30-28(42-35(29)44-45(6,7)36(3,4)5)21-41-34(43-30)25-15-9-8-10-16-25/h8-19,28-31,34-35H,20-21H2,1-7H3/t28-,29-,30-,31-,34-,35+/m1/s1. The molecule has 0 radical (unpaired) electrons. The minimum absolute atomic E-state index is 0.155. The van der Waals surface area contributed by atoms with Crippen molar-refractivity contribution in [2.45, 2.75) is 96.3 Å². The summed E-state index contributed by atoms with van der Waals surface area (Å²) in [6, 6.07) is 23.1. The van der Waals surface area contributed by atoms with Crippen molar-refractivity contribution in [1.82, 2.24) is 4.90 Å². The van der Waals surface area contributed by atoms with Gasteiger partial charge in [-0.3, -0.25) is 14.5 Å². The maximum absolute atomic E-state index is 13.8. The number of hydrogen-bond donors (Lipinski definition) is 0. The topological polar surface area (TPSA) is 83.5 Å². The van der Waals surface area contributed by atoms with Crippen molar-refractivity contribution in [3.05, 3.63) is 95.1 Å². The van der Waals surface area contributed by atoms with Crippen molar-refractivity contribution in [1.29, 1.82) is 0 Å². The Morgan fingerprint density at radius 3 is 2.20 bits per heavy atom. The SMILES string of the molecule is CC1=C(C)C(=O)N([C@H]2[C@H](O[Si](C)(C)C(C)(C)C)O[C@@H]3CO[C@@H](c4ccccc4)O[C@H]3[C@@H]2OCc2cccc3ccccc23)C1=O. The molecule has 8 nitrogen and oxygen atoms in total. The third kappa shape index (κ3) is 5.93. The van der Waals surface area contributed by atoms with Crippen LogP contribution in [0.1, 0.15) is 52.0 Å². The van der Waals surface area contributed by atoms with E-state index in [2.05, 4.69) is 52.1 Å². The Morgan fingerprint density at radius 2 is 1.51 bits per heavy atom. The van der Waals surface area contributed by atoms with Crippen LogP contribution in [-0.4, -0.2) is 62.3 Å². The zero-order chi connectivity index (χ0) is 32.1. The fraction of sp³-hybridized carbons (Fsp3) is 0.444. The lowest BCUT2D eigenvalue weighted by Gasteiger charge is -2.53. The summed E-state index contributed by atoms with van der Waals surface area (Å²) in [5.74, 6) is -0.724. The molecule has 2 saturated heterocycles. The Morgan fingerprint density at radius 1 is 0.867 bits per heavy atom. The smallest absolute Gasteiger partial charge is 0.257 e. The average molecular weight is 630 g/mol. The van der Waals surface area contributed by atoms with Crippen LogP contribution in [0.15, 0.2) is 83.9 Å². The van der Waals surface area contributed by atoms with Crippen LogP contribution in [0.2, 0.25) is 18.1 Å². The lowest BCUT2D eigenvalue weighted by atomic mass is 9.94. The molecule has 3 aromatic carbocycles. The van der Waals surface area contributed by atoms with Gasteiger partial charge in [0.2, 0.25) is 0 Å². The summed E-state index contributed by atoms with van der Waals surface area (Å²) in [5.41, 5.74) is 2.68. The molecular weight excluding hydrogens is 586 g/mol. The predicted octanol–water partition coefficient (Wildman–Crippen LogP) is 6.66. The summed E-state index contributed by atoms with van der Waals surface area (Å²) in [4.78, 5) is 28.9. The highest BCUT2D eigenvalue weighted by molar-refractivity contribution is 6.74. The molecule has 3 heterocycles. The maximum Gasteiger partial charge on any atom is 0.257 e. The molecule has 2 amide bonds. The van der Waals surface area contributed by atoms with Crippen molar-refractivity contribution in [3.63, 3.8) is 0 Å². The van der Waals surface area contributed by atoms with Crippen LogP contribution in [0.4, 0.5) is 0 Å². The number of nitrogens with zero attached hydrogens (tertiary/aromatic N) is 1. The second kappa shape index (κ2) is 12.2. The molecule has 3 aromatic rings. The fourth-order valence-corrected chi connectivity index (χ4v) is 7.14. The molecule has 0 saturated carbocycles. The molecule has 6 atom stereocenters. The molecule has 0 aliphatic carbocycles. The number of rotatable bonds is 7. The first kappa shape index (κ1) is 31.8. The second-order valence-corrected chi connectivity index (χ2v) is 18.5. The van der Waals surface area contributed by atoms with Gasteiger partial charge in [-0.25, -0.2) is 0 Å². The van der Waals surface area contributed by atoms with E-state index >= 15 is 0 Å². The van der Waals surface area contributed by atoms with Crippen molar-refractivity contribution in [2.24, 2.45) is 0 Å². The third-order valence-corrected chi connectivity index (χ3v) is 14.3. The van der Waals surface area contributed by atoms with Crippen LogP contribution < -0.4 is 0 Å². The van der Waals surface area contributed by atoms with Gasteiger partial charge in [0, 0.05) is 16.7 Å². The molecule has 45 heavy (non-hydrogen) atoms. The van der Waals surface area contributed by atoms with Gasteiger partial charge in [0.05, 0.1) is 13.2 Å². The van der Waals surface area contributed by atoms with Gasteiger partial charge in [-0.15, -0.1) is 0 Å². The van der Waals surface area contributed by atoms with E-state index < -0.39 is 45.3 Å². The number of carbonyl (C=O) groups is 2. The Labute approximate surface area is 266 Å². The van der Waals surface area contributed by atoms with E-state index in [1.54, 1.807) is 13.8 Å². The van der Waals surface area contributed by atoms with E-state index in [1.807, 2.05) is 54.6 Å². The molecule has 0 spiro atoms. The molecule has 3 aliphatic heterocycles. The zero-order valence-electron chi connectivity index (χ0n) is 27.1. The van der Waals surface area contributed by atoms with Gasteiger partial charge < -0.3 is 23.4 Å². The van der Waals surface area contributed by atoms with Crippen molar-refractivity contribution in [2.75, 3.05) is 6.61 Å². The van der Waals surface area contributed by atoms with Crippen LogP contribution in [-0.2, 0) is 39.6 Å². The first-order valence-corrected chi connectivity index (χ1v) is 18.6. The number of amides is 2. The van der Waals surface area contributed by atoms with E-state index in [-0.39, 0.29) is 30.1 Å². The van der Waals surface area contributed by atoms with Gasteiger partial charge in [-0.1, -0.05) is 93.6 Å². The molecule has 0 bridgehead atoms. The molecule has 2 fully saturated rings.